The SMILES string of the molecule is CCCN(c1ccc(N)cc1)S(=O)(=O)C(C)C(=O)OC. The quantitative estimate of drug-likeness (QED) is 0.633. The van der Waals surface area contributed by atoms with Crippen LogP contribution in [0.1, 0.15) is 20.3 Å². The number of carbonyl (C=O) groups is 1. The van der Waals surface area contributed by atoms with Crippen molar-refractivity contribution in [3.05, 3.63) is 24.3 Å². The Morgan fingerprint density at radius 3 is 2.35 bits per heavy atom. The molecule has 0 radical (unpaired) electrons. The fraction of sp³-hybridized carbons (Fsp3) is 0.462. The molecule has 0 heterocycles. The van der Waals surface area contributed by atoms with E-state index < -0.39 is 21.2 Å². The molecule has 0 aromatic heterocycles. The first kappa shape index (κ1) is 16.3. The van der Waals surface area contributed by atoms with Gasteiger partial charge >= 0.3 is 5.97 Å². The lowest BCUT2D eigenvalue weighted by atomic mass is 10.3. The second-order valence-electron chi connectivity index (χ2n) is 4.37. The number of nitrogen functional groups attached to an aromatic ring is 1. The van der Waals surface area contributed by atoms with Crippen molar-refractivity contribution in [2.45, 2.75) is 25.5 Å². The summed E-state index contributed by atoms with van der Waals surface area (Å²) in [6.07, 6.45) is 0.623. The van der Waals surface area contributed by atoms with Gasteiger partial charge in [-0.2, -0.15) is 0 Å². The number of rotatable bonds is 6. The van der Waals surface area contributed by atoms with Gasteiger partial charge in [0.25, 0.3) is 0 Å². The Labute approximate surface area is 119 Å². The van der Waals surface area contributed by atoms with Gasteiger partial charge in [0, 0.05) is 12.2 Å². The van der Waals surface area contributed by atoms with E-state index in [4.69, 9.17) is 5.73 Å². The average molecular weight is 300 g/mol. The van der Waals surface area contributed by atoms with E-state index in [0.717, 1.165) is 0 Å². The van der Waals surface area contributed by atoms with Crippen LogP contribution < -0.4 is 10.0 Å². The molecule has 0 fully saturated rings. The van der Waals surface area contributed by atoms with Crippen molar-refractivity contribution in [1.29, 1.82) is 0 Å². The average Bonchev–Trinajstić information content (AvgIpc) is 2.44. The highest BCUT2D eigenvalue weighted by molar-refractivity contribution is 7.94. The van der Waals surface area contributed by atoms with Crippen LogP contribution in [0.25, 0.3) is 0 Å². The van der Waals surface area contributed by atoms with Crippen LogP contribution in [-0.4, -0.2) is 33.3 Å². The number of benzene rings is 1. The fourth-order valence-electron chi connectivity index (χ4n) is 1.73. The molecule has 7 heteroatoms. The molecular formula is C13H20N2O4S. The molecule has 6 nitrogen and oxygen atoms in total. The summed E-state index contributed by atoms with van der Waals surface area (Å²) >= 11 is 0. The van der Waals surface area contributed by atoms with Crippen LogP contribution in [0.3, 0.4) is 0 Å². The van der Waals surface area contributed by atoms with Crippen molar-refractivity contribution < 1.29 is 17.9 Å². The Balaban J connectivity index is 3.19. The first-order valence-electron chi connectivity index (χ1n) is 6.29. The molecule has 1 aromatic carbocycles. The topological polar surface area (TPSA) is 89.7 Å². The van der Waals surface area contributed by atoms with Gasteiger partial charge in [0.2, 0.25) is 10.0 Å². The van der Waals surface area contributed by atoms with Crippen LogP contribution in [0.2, 0.25) is 0 Å². The van der Waals surface area contributed by atoms with Gasteiger partial charge in [0.1, 0.15) is 0 Å². The highest BCUT2D eigenvalue weighted by Crippen LogP contribution is 2.23. The maximum Gasteiger partial charge on any atom is 0.325 e. The van der Waals surface area contributed by atoms with Crippen LogP contribution >= 0.6 is 0 Å². The Morgan fingerprint density at radius 2 is 1.90 bits per heavy atom. The normalized spacial score (nSPS) is 12.8. The van der Waals surface area contributed by atoms with Gasteiger partial charge < -0.3 is 10.5 Å². The standard InChI is InChI=1S/C13H20N2O4S/c1-4-9-15(12-7-5-11(14)6-8-12)20(17,18)10(2)13(16)19-3/h5-8,10H,4,9,14H2,1-3H3. The minimum atomic E-state index is -3.82. The highest BCUT2D eigenvalue weighted by atomic mass is 32.2. The molecule has 0 saturated carbocycles. The Bertz CT molecular complexity index is 554. The molecule has 112 valence electrons. The monoisotopic (exact) mass is 300 g/mol. The third-order valence-corrected chi connectivity index (χ3v) is 4.99. The lowest BCUT2D eigenvalue weighted by molar-refractivity contribution is -0.139. The van der Waals surface area contributed by atoms with E-state index in [0.29, 0.717) is 17.8 Å². The summed E-state index contributed by atoms with van der Waals surface area (Å²) < 4.78 is 30.7. The maximum atomic E-state index is 12.5. The number of anilines is 2. The van der Waals surface area contributed by atoms with Crippen molar-refractivity contribution in [1.82, 2.24) is 0 Å². The summed E-state index contributed by atoms with van der Waals surface area (Å²) in [6.45, 7) is 3.47. The number of sulfonamides is 1. The van der Waals surface area contributed by atoms with Crippen molar-refractivity contribution in [2.24, 2.45) is 0 Å². The van der Waals surface area contributed by atoms with Crippen molar-refractivity contribution in [2.75, 3.05) is 23.7 Å². The van der Waals surface area contributed by atoms with E-state index >= 15 is 0 Å². The van der Waals surface area contributed by atoms with Gasteiger partial charge in [-0.15, -0.1) is 0 Å². The zero-order chi connectivity index (χ0) is 15.3. The molecule has 2 N–H and O–H groups in total. The van der Waals surface area contributed by atoms with E-state index in [1.54, 1.807) is 24.3 Å². The van der Waals surface area contributed by atoms with Gasteiger partial charge in [0.05, 0.1) is 12.8 Å². The third kappa shape index (κ3) is 3.41. The predicted octanol–water partition coefficient (Wildman–Crippen LogP) is 1.38. The number of ether oxygens (including phenoxy) is 1. The van der Waals surface area contributed by atoms with E-state index in [1.807, 2.05) is 6.92 Å². The highest BCUT2D eigenvalue weighted by Gasteiger charge is 2.34. The number of methoxy groups -OCH3 is 1. The van der Waals surface area contributed by atoms with Crippen molar-refractivity contribution in [3.63, 3.8) is 0 Å². The molecule has 0 aliphatic rings. The molecule has 0 bridgehead atoms. The molecule has 0 spiro atoms. The number of hydrogen-bond acceptors (Lipinski definition) is 5. The van der Waals surface area contributed by atoms with Crippen LogP contribution in [0.5, 0.6) is 0 Å². The van der Waals surface area contributed by atoms with E-state index in [1.165, 1.54) is 18.3 Å². The summed E-state index contributed by atoms with van der Waals surface area (Å²) in [6, 6.07) is 6.48. The largest absolute Gasteiger partial charge is 0.468 e. The minimum Gasteiger partial charge on any atom is -0.468 e. The molecule has 1 rings (SSSR count). The van der Waals surface area contributed by atoms with E-state index in [9.17, 15) is 13.2 Å². The molecule has 1 atom stereocenters. The Kier molecular flexibility index (Phi) is 5.38. The predicted molar refractivity (Wildman–Crippen MR) is 78.9 cm³/mol. The zero-order valence-electron chi connectivity index (χ0n) is 11.9. The van der Waals surface area contributed by atoms with Gasteiger partial charge in [0.15, 0.2) is 5.25 Å². The lowest BCUT2D eigenvalue weighted by Crippen LogP contribution is -2.42. The first-order chi connectivity index (χ1) is 9.34. The second-order valence-corrected chi connectivity index (χ2v) is 6.55. The molecule has 0 aliphatic carbocycles. The van der Waals surface area contributed by atoms with Gasteiger partial charge in [-0.25, -0.2) is 8.42 Å². The zero-order valence-corrected chi connectivity index (χ0v) is 12.7. The molecule has 0 aliphatic heterocycles. The van der Waals surface area contributed by atoms with Crippen LogP contribution in [0.4, 0.5) is 11.4 Å². The number of nitrogens with two attached hydrogens (primary N) is 1. The van der Waals surface area contributed by atoms with E-state index in [2.05, 4.69) is 4.74 Å². The lowest BCUT2D eigenvalue weighted by Gasteiger charge is -2.26. The molecule has 0 amide bonds. The molecular weight excluding hydrogens is 280 g/mol. The summed E-state index contributed by atoms with van der Waals surface area (Å²) in [5, 5.41) is -1.25. The van der Waals surface area contributed by atoms with Gasteiger partial charge in [-0.1, -0.05) is 6.92 Å². The van der Waals surface area contributed by atoms with Crippen LogP contribution in [-0.2, 0) is 19.6 Å². The molecule has 20 heavy (non-hydrogen) atoms. The van der Waals surface area contributed by atoms with Crippen molar-refractivity contribution in [3.8, 4) is 0 Å². The summed E-state index contributed by atoms with van der Waals surface area (Å²) in [4.78, 5) is 11.5. The number of nitrogens with zero attached hydrogens (tertiary/aromatic N) is 1. The minimum absolute atomic E-state index is 0.285. The number of hydrogen-bond donors (Lipinski definition) is 1. The maximum absolute atomic E-state index is 12.5. The first-order valence-corrected chi connectivity index (χ1v) is 7.79. The summed E-state index contributed by atoms with van der Waals surface area (Å²) in [7, 11) is -2.65. The van der Waals surface area contributed by atoms with Gasteiger partial charge in [-0.05, 0) is 37.6 Å². The third-order valence-electron chi connectivity index (χ3n) is 2.89. The fourth-order valence-corrected chi connectivity index (χ4v) is 3.30. The molecule has 1 aromatic rings. The van der Waals surface area contributed by atoms with Gasteiger partial charge in [-0.3, -0.25) is 9.10 Å². The Hall–Kier alpha value is -1.76. The molecule has 0 saturated heterocycles. The smallest absolute Gasteiger partial charge is 0.325 e. The summed E-state index contributed by atoms with van der Waals surface area (Å²) in [5.41, 5.74) is 6.63. The number of carbonyl (C=O) groups excluding carboxylic acids is 1. The van der Waals surface area contributed by atoms with Crippen LogP contribution in [0.15, 0.2) is 24.3 Å². The number of esters is 1. The summed E-state index contributed by atoms with van der Waals surface area (Å²) in [5.74, 6) is -0.776. The molecule has 1 unspecified atom stereocenters. The Morgan fingerprint density at radius 1 is 1.35 bits per heavy atom. The van der Waals surface area contributed by atoms with E-state index in [-0.39, 0.29) is 6.54 Å². The van der Waals surface area contributed by atoms with Crippen LogP contribution in [0, 0.1) is 0 Å². The second kappa shape index (κ2) is 6.60. The van der Waals surface area contributed by atoms with Crippen molar-refractivity contribution >= 4 is 27.4 Å².